The van der Waals surface area contributed by atoms with Gasteiger partial charge < -0.3 is 20.0 Å². The molecule has 156 valence electrons. The molecule has 8 heteroatoms. The first-order valence-electron chi connectivity index (χ1n) is 9.63. The fourth-order valence-electron chi connectivity index (χ4n) is 3.49. The van der Waals surface area contributed by atoms with E-state index in [4.69, 9.17) is 0 Å². The van der Waals surface area contributed by atoms with Crippen molar-refractivity contribution in [1.82, 2.24) is 15.1 Å². The average molecular weight is 419 g/mol. The molecule has 1 N–H and O–H groups in total. The molecule has 1 saturated heterocycles. The monoisotopic (exact) mass is 418 g/mol. The number of hydrogen-bond acceptors (Lipinski definition) is 5. The van der Waals surface area contributed by atoms with E-state index in [-0.39, 0.29) is 17.9 Å². The van der Waals surface area contributed by atoms with Gasteiger partial charge in [0.25, 0.3) is 0 Å². The number of urea groups is 1. The number of piperazine rings is 1. The van der Waals surface area contributed by atoms with Gasteiger partial charge in [0.15, 0.2) is 5.78 Å². The Morgan fingerprint density at radius 3 is 2.48 bits per heavy atom. The van der Waals surface area contributed by atoms with Crippen molar-refractivity contribution in [1.29, 1.82) is 0 Å². The molecule has 1 unspecified atom stereocenters. The minimum absolute atomic E-state index is 0.0980. The number of carbonyl (C=O) groups excluding carboxylic acids is 2. The Morgan fingerprint density at radius 1 is 1.21 bits per heavy atom. The minimum Gasteiger partial charge on any atom is -0.366 e. The van der Waals surface area contributed by atoms with Crippen LogP contribution in [0.5, 0.6) is 0 Å². The second-order valence-electron chi connectivity index (χ2n) is 7.42. The van der Waals surface area contributed by atoms with Gasteiger partial charge in [-0.15, -0.1) is 0 Å². The van der Waals surface area contributed by atoms with Gasteiger partial charge in [-0.2, -0.15) is 11.3 Å². The molecule has 1 aromatic heterocycles. The zero-order valence-corrected chi connectivity index (χ0v) is 17.8. The maximum Gasteiger partial charge on any atom is 0.317 e. The van der Waals surface area contributed by atoms with Crippen molar-refractivity contribution in [3.8, 4) is 0 Å². The van der Waals surface area contributed by atoms with Crippen LogP contribution >= 0.6 is 11.3 Å². The number of amides is 2. The van der Waals surface area contributed by atoms with Gasteiger partial charge in [0, 0.05) is 38.3 Å². The van der Waals surface area contributed by atoms with Gasteiger partial charge in [0.05, 0.1) is 11.7 Å². The molecule has 0 bridgehead atoms. The van der Waals surface area contributed by atoms with E-state index >= 15 is 0 Å². The first kappa shape index (κ1) is 21.3. The van der Waals surface area contributed by atoms with Gasteiger partial charge in [-0.1, -0.05) is 0 Å². The number of nitrogens with one attached hydrogen (secondary N) is 1. The number of ketones is 1. The number of thiophene rings is 1. The van der Waals surface area contributed by atoms with Gasteiger partial charge in [-0.05, 0) is 61.6 Å². The van der Waals surface area contributed by atoms with Crippen LogP contribution in [-0.4, -0.2) is 68.4 Å². The van der Waals surface area contributed by atoms with Gasteiger partial charge >= 0.3 is 6.03 Å². The number of halogens is 1. The lowest BCUT2D eigenvalue weighted by atomic mass is 10.1. The third-order valence-corrected chi connectivity index (χ3v) is 5.96. The fourth-order valence-corrected chi connectivity index (χ4v) is 4.20. The van der Waals surface area contributed by atoms with Crippen LogP contribution in [0.4, 0.5) is 14.9 Å². The zero-order valence-electron chi connectivity index (χ0n) is 17.0. The molecule has 1 atom stereocenters. The molecule has 3 rings (SSSR count). The van der Waals surface area contributed by atoms with E-state index < -0.39 is 5.82 Å². The van der Waals surface area contributed by atoms with Crippen LogP contribution in [0.15, 0.2) is 35.0 Å². The second kappa shape index (κ2) is 9.37. The van der Waals surface area contributed by atoms with E-state index in [1.807, 2.05) is 24.4 Å². The van der Waals surface area contributed by atoms with E-state index in [2.05, 4.69) is 21.7 Å². The van der Waals surface area contributed by atoms with Crippen LogP contribution in [0, 0.1) is 5.82 Å². The summed E-state index contributed by atoms with van der Waals surface area (Å²) in [5, 5.41) is 7.16. The van der Waals surface area contributed by atoms with Crippen molar-refractivity contribution in [3.63, 3.8) is 0 Å². The fraction of sp³-hybridized carbons (Fsp3) is 0.429. The Hall–Kier alpha value is -2.45. The summed E-state index contributed by atoms with van der Waals surface area (Å²) in [6, 6.07) is 6.67. The van der Waals surface area contributed by atoms with Crippen molar-refractivity contribution < 1.29 is 14.0 Å². The Morgan fingerprint density at radius 2 is 1.93 bits per heavy atom. The molecule has 1 aromatic carbocycles. The molecule has 0 aliphatic carbocycles. The van der Waals surface area contributed by atoms with Crippen LogP contribution in [0.2, 0.25) is 0 Å². The first-order valence-corrected chi connectivity index (χ1v) is 10.6. The van der Waals surface area contributed by atoms with Crippen LogP contribution in [-0.2, 0) is 0 Å². The van der Waals surface area contributed by atoms with E-state index in [1.54, 1.807) is 28.4 Å². The molecule has 2 amide bonds. The van der Waals surface area contributed by atoms with Crippen molar-refractivity contribution in [3.05, 3.63) is 52.0 Å². The number of likely N-dealkylation sites (N-methyl/N-ethyl adjacent to an activating group) is 1. The topological polar surface area (TPSA) is 55.9 Å². The molecule has 29 heavy (non-hydrogen) atoms. The van der Waals surface area contributed by atoms with Gasteiger partial charge in [0.2, 0.25) is 0 Å². The lowest BCUT2D eigenvalue weighted by molar-refractivity contribution is 0.101. The summed E-state index contributed by atoms with van der Waals surface area (Å²) in [6.45, 7) is 4.08. The van der Waals surface area contributed by atoms with Crippen LogP contribution in [0.3, 0.4) is 0 Å². The predicted molar refractivity (Wildman–Crippen MR) is 114 cm³/mol. The Bertz CT molecular complexity index is 848. The molecule has 0 saturated carbocycles. The van der Waals surface area contributed by atoms with Crippen molar-refractivity contribution in [2.24, 2.45) is 0 Å². The number of hydrogen-bond donors (Lipinski definition) is 1. The molecule has 0 spiro atoms. The third kappa shape index (κ3) is 5.13. The normalized spacial score (nSPS) is 15.5. The number of carbonyl (C=O) groups is 2. The zero-order chi connectivity index (χ0) is 21.0. The Kier molecular flexibility index (Phi) is 6.87. The maximum atomic E-state index is 14.4. The largest absolute Gasteiger partial charge is 0.366 e. The molecule has 0 radical (unpaired) electrons. The summed E-state index contributed by atoms with van der Waals surface area (Å²) in [4.78, 5) is 29.8. The Labute approximate surface area is 174 Å². The van der Waals surface area contributed by atoms with Crippen LogP contribution < -0.4 is 10.2 Å². The lowest BCUT2D eigenvalue weighted by Crippen LogP contribution is -2.52. The van der Waals surface area contributed by atoms with Crippen LogP contribution in [0.25, 0.3) is 0 Å². The number of benzene rings is 1. The summed E-state index contributed by atoms with van der Waals surface area (Å²) in [5.41, 5.74) is 2.03. The van der Waals surface area contributed by atoms with E-state index in [0.717, 1.165) is 0 Å². The second-order valence-corrected chi connectivity index (χ2v) is 8.20. The standard InChI is InChI=1S/C21H27FN4O2S/c1-15(27)16-4-5-19(18(22)12-16)25-7-9-26(10-8-25)21(28)23-13-20(24(2)3)17-6-11-29-14-17/h4-6,11-12,14,20H,7-10,13H2,1-3H3,(H,23,28). The summed E-state index contributed by atoms with van der Waals surface area (Å²) in [6.07, 6.45) is 0. The number of rotatable bonds is 6. The lowest BCUT2D eigenvalue weighted by Gasteiger charge is -2.36. The summed E-state index contributed by atoms with van der Waals surface area (Å²) in [5.74, 6) is -0.560. The van der Waals surface area contributed by atoms with Crippen molar-refractivity contribution >= 4 is 28.8 Å². The van der Waals surface area contributed by atoms with E-state index in [0.29, 0.717) is 44.0 Å². The minimum atomic E-state index is -0.403. The number of nitrogens with zero attached hydrogens (tertiary/aromatic N) is 3. The summed E-state index contributed by atoms with van der Waals surface area (Å²) in [7, 11) is 4.00. The molecule has 1 aliphatic rings. The van der Waals surface area contributed by atoms with Gasteiger partial charge in [0.1, 0.15) is 5.82 Å². The van der Waals surface area contributed by atoms with Gasteiger partial charge in [-0.3, -0.25) is 4.79 Å². The Balaban J connectivity index is 1.54. The molecule has 6 nitrogen and oxygen atoms in total. The predicted octanol–water partition coefficient (Wildman–Crippen LogP) is 3.22. The van der Waals surface area contributed by atoms with E-state index in [1.165, 1.54) is 18.6 Å². The molecule has 2 heterocycles. The molecule has 2 aromatic rings. The highest BCUT2D eigenvalue weighted by molar-refractivity contribution is 7.07. The highest BCUT2D eigenvalue weighted by atomic mass is 32.1. The molecule has 1 aliphatic heterocycles. The molecular weight excluding hydrogens is 391 g/mol. The number of anilines is 1. The first-order chi connectivity index (χ1) is 13.9. The third-order valence-electron chi connectivity index (χ3n) is 5.26. The van der Waals surface area contributed by atoms with Crippen molar-refractivity contribution in [2.45, 2.75) is 13.0 Å². The van der Waals surface area contributed by atoms with Gasteiger partial charge in [-0.25, -0.2) is 9.18 Å². The quantitative estimate of drug-likeness (QED) is 0.732. The highest BCUT2D eigenvalue weighted by Gasteiger charge is 2.24. The van der Waals surface area contributed by atoms with Crippen LogP contribution in [0.1, 0.15) is 28.9 Å². The summed E-state index contributed by atoms with van der Waals surface area (Å²) < 4.78 is 14.4. The highest BCUT2D eigenvalue weighted by Crippen LogP contribution is 2.23. The average Bonchev–Trinajstić information content (AvgIpc) is 3.22. The SMILES string of the molecule is CC(=O)c1ccc(N2CCN(C(=O)NCC(c3ccsc3)N(C)C)CC2)c(F)c1. The summed E-state index contributed by atoms with van der Waals surface area (Å²) >= 11 is 1.64. The number of Topliss-reactive ketones (excluding diaryl/α,β-unsaturated/α-hetero) is 1. The molecule has 1 fully saturated rings. The van der Waals surface area contributed by atoms with E-state index in [9.17, 15) is 14.0 Å². The molecular formula is C21H27FN4O2S. The smallest absolute Gasteiger partial charge is 0.317 e. The van der Waals surface area contributed by atoms with Crippen molar-refractivity contribution in [2.75, 3.05) is 51.7 Å². The maximum absolute atomic E-state index is 14.4.